The van der Waals surface area contributed by atoms with Gasteiger partial charge in [-0.2, -0.15) is 4.57 Å². The largest absolute Gasteiger partial charge is 0.466 e. The molecule has 7 rings (SSSR count). The van der Waals surface area contributed by atoms with Crippen molar-refractivity contribution in [2.75, 3.05) is 24.6 Å². The third-order valence-electron chi connectivity index (χ3n) is 11.4. The molecule has 0 saturated heterocycles. The SMILES string of the molecule is C.CCOC(=O)CC[NH+]1c2ccc(CC(=O)CCN3C(=Cc4oc5ccccc5[n+]4C)C(C)(C)c4c3ccc3ccccc43)cc2C(C)(C)C1C. The first kappa shape index (κ1) is 36.1. The average molecular weight is 688 g/mol. The van der Waals surface area contributed by atoms with Crippen molar-refractivity contribution in [1.82, 2.24) is 0 Å². The molecule has 7 heteroatoms. The molecule has 0 amide bonds. The molecule has 0 spiro atoms. The van der Waals surface area contributed by atoms with E-state index in [1.165, 1.54) is 32.5 Å². The number of nitrogens with one attached hydrogen (secondary N) is 1. The van der Waals surface area contributed by atoms with Gasteiger partial charge in [0, 0.05) is 53.2 Å². The number of ether oxygens (including phenoxy) is 1. The fourth-order valence-corrected chi connectivity index (χ4v) is 8.39. The predicted octanol–water partition coefficient (Wildman–Crippen LogP) is 7.54. The Labute approximate surface area is 302 Å². The van der Waals surface area contributed by atoms with Gasteiger partial charge in [-0.15, -0.1) is 0 Å². The van der Waals surface area contributed by atoms with Crippen LogP contribution < -0.4 is 14.4 Å². The first-order valence-corrected chi connectivity index (χ1v) is 18.0. The molecule has 266 valence electrons. The van der Waals surface area contributed by atoms with Crippen molar-refractivity contribution in [3.8, 4) is 0 Å². The highest BCUT2D eigenvalue weighted by Crippen LogP contribution is 2.51. The number of quaternary nitrogens is 1. The second-order valence-electron chi connectivity index (χ2n) is 15.1. The minimum absolute atomic E-state index is 0. The number of anilines is 1. The van der Waals surface area contributed by atoms with Crippen LogP contribution in [-0.2, 0) is 38.6 Å². The van der Waals surface area contributed by atoms with E-state index in [4.69, 9.17) is 9.15 Å². The fourth-order valence-electron chi connectivity index (χ4n) is 8.39. The summed E-state index contributed by atoms with van der Waals surface area (Å²) in [6.45, 7) is 14.9. The van der Waals surface area contributed by atoms with E-state index < -0.39 is 0 Å². The third-order valence-corrected chi connectivity index (χ3v) is 11.4. The molecule has 1 N–H and O–H groups in total. The van der Waals surface area contributed by atoms with Gasteiger partial charge in [0.05, 0.1) is 31.7 Å². The van der Waals surface area contributed by atoms with E-state index in [0.29, 0.717) is 45.0 Å². The molecular weight excluding hydrogens is 635 g/mol. The van der Waals surface area contributed by atoms with Crippen LogP contribution in [0, 0.1) is 0 Å². The number of allylic oxidation sites excluding steroid dienone is 1. The lowest BCUT2D eigenvalue weighted by molar-refractivity contribution is -0.855. The lowest BCUT2D eigenvalue weighted by atomic mass is 9.80. The van der Waals surface area contributed by atoms with E-state index in [0.717, 1.165) is 33.9 Å². The Balaban J connectivity index is 0.00000448. The van der Waals surface area contributed by atoms with Gasteiger partial charge in [-0.1, -0.05) is 69.8 Å². The number of nitrogens with zero attached hydrogens (tertiary/aromatic N) is 2. The van der Waals surface area contributed by atoms with Crippen LogP contribution in [0.5, 0.6) is 0 Å². The summed E-state index contributed by atoms with van der Waals surface area (Å²) in [5.41, 5.74) is 8.54. The number of aromatic nitrogens is 1. The second-order valence-corrected chi connectivity index (χ2v) is 15.1. The number of Topliss-reactive ketones (excluding diaryl/α,β-unsaturated/α-hetero) is 1. The van der Waals surface area contributed by atoms with E-state index in [9.17, 15) is 9.59 Å². The summed E-state index contributed by atoms with van der Waals surface area (Å²) >= 11 is 0. The minimum Gasteiger partial charge on any atom is -0.466 e. The maximum absolute atomic E-state index is 13.8. The number of ketones is 1. The molecule has 0 fully saturated rings. The molecule has 0 aliphatic carbocycles. The number of aryl methyl sites for hydroxylation is 1. The Morgan fingerprint density at radius 2 is 1.73 bits per heavy atom. The first-order chi connectivity index (χ1) is 23.9. The molecule has 5 aromatic rings. The van der Waals surface area contributed by atoms with Gasteiger partial charge >= 0.3 is 11.9 Å². The highest BCUT2D eigenvalue weighted by atomic mass is 16.5. The highest BCUT2D eigenvalue weighted by Gasteiger charge is 2.47. The van der Waals surface area contributed by atoms with Crippen molar-refractivity contribution in [3.05, 3.63) is 107 Å². The molecule has 0 bridgehead atoms. The van der Waals surface area contributed by atoms with Crippen molar-refractivity contribution < 1.29 is 28.2 Å². The number of carbonyl (C=O) groups is 2. The minimum atomic E-state index is -0.324. The van der Waals surface area contributed by atoms with Gasteiger partial charge in [-0.25, -0.2) is 0 Å². The quantitative estimate of drug-likeness (QED) is 0.121. The molecule has 2 aliphatic rings. The monoisotopic (exact) mass is 687 g/mol. The van der Waals surface area contributed by atoms with Crippen molar-refractivity contribution in [2.45, 2.75) is 85.1 Å². The molecule has 1 aromatic heterocycles. The van der Waals surface area contributed by atoms with Gasteiger partial charge in [0.25, 0.3) is 5.52 Å². The molecule has 3 heterocycles. The van der Waals surface area contributed by atoms with Gasteiger partial charge in [0.1, 0.15) is 18.5 Å². The number of esters is 1. The fraction of sp³-hybridized carbons (Fsp3) is 0.386. The smallest absolute Gasteiger partial charge is 0.375 e. The van der Waals surface area contributed by atoms with Crippen LogP contribution in [0.25, 0.3) is 27.9 Å². The molecule has 4 aromatic carbocycles. The number of benzene rings is 4. The average Bonchev–Trinajstić information content (AvgIpc) is 3.60. The molecule has 7 nitrogen and oxygen atoms in total. The van der Waals surface area contributed by atoms with E-state index in [-0.39, 0.29) is 30.0 Å². The second kappa shape index (κ2) is 13.8. The summed E-state index contributed by atoms with van der Waals surface area (Å²) in [4.78, 5) is 29.6. The Bertz CT molecular complexity index is 2160. The highest BCUT2D eigenvalue weighted by molar-refractivity contribution is 5.96. The maximum Gasteiger partial charge on any atom is 0.375 e. The number of fused-ring (bicyclic) bond motifs is 5. The Morgan fingerprint density at radius 3 is 2.49 bits per heavy atom. The Morgan fingerprint density at radius 1 is 0.980 bits per heavy atom. The summed E-state index contributed by atoms with van der Waals surface area (Å²) in [5.74, 6) is 0.833. The standard InChI is InChI=1S/C43H48N3O4.CH4/c1-8-49-40(48)22-24-45-28(2)42(3,4)33-26-29(17-19-34(33)45)25-31(47)21-23-46-36-20-18-30-13-9-10-14-32(30)41(36)43(5,6)38(46)27-39-44(7)35-15-11-12-16-37(35)50-39;/h9-20,26-28H,8,21-25H2,1-7H3;1H4/q+1;/p+1. The van der Waals surface area contributed by atoms with Crippen LogP contribution in [0.3, 0.4) is 0 Å². The lowest BCUT2D eigenvalue weighted by Crippen LogP contribution is -3.10. The van der Waals surface area contributed by atoms with Gasteiger partial charge in [0.15, 0.2) is 0 Å². The van der Waals surface area contributed by atoms with E-state index >= 15 is 0 Å². The summed E-state index contributed by atoms with van der Waals surface area (Å²) in [7, 11) is 2.04. The Kier molecular flexibility index (Phi) is 9.73. The maximum atomic E-state index is 13.8. The summed E-state index contributed by atoms with van der Waals surface area (Å²) < 4.78 is 13.7. The zero-order chi connectivity index (χ0) is 35.4. The number of hydrogen-bond donors (Lipinski definition) is 1. The topological polar surface area (TPSA) is 68.1 Å². The molecule has 0 saturated carbocycles. The zero-order valence-corrected chi connectivity index (χ0v) is 30.4. The van der Waals surface area contributed by atoms with Gasteiger partial charge in [-0.3, -0.25) is 14.5 Å². The van der Waals surface area contributed by atoms with Gasteiger partial charge in [-0.05, 0) is 73.9 Å². The molecular formula is C44H53N3O4+2. The van der Waals surface area contributed by atoms with Crippen LogP contribution >= 0.6 is 0 Å². The normalized spacial score (nSPS) is 19.3. The molecule has 2 aliphatic heterocycles. The first-order valence-electron chi connectivity index (χ1n) is 18.0. The van der Waals surface area contributed by atoms with Crippen molar-refractivity contribution in [2.24, 2.45) is 7.05 Å². The van der Waals surface area contributed by atoms with Crippen LogP contribution in [0.4, 0.5) is 11.4 Å². The van der Waals surface area contributed by atoms with Crippen molar-refractivity contribution >= 4 is 51.1 Å². The summed E-state index contributed by atoms with van der Waals surface area (Å²) in [6.07, 6.45) is 3.36. The van der Waals surface area contributed by atoms with E-state index in [1.807, 2.05) is 32.2 Å². The van der Waals surface area contributed by atoms with Gasteiger partial charge in [0.2, 0.25) is 5.58 Å². The number of oxazole rings is 1. The molecule has 2 atom stereocenters. The summed E-state index contributed by atoms with van der Waals surface area (Å²) in [6, 6.07) is 27.9. The summed E-state index contributed by atoms with van der Waals surface area (Å²) in [5, 5.41) is 2.44. The number of hydrogen-bond acceptors (Lipinski definition) is 5. The van der Waals surface area contributed by atoms with Crippen LogP contribution in [0.2, 0.25) is 0 Å². The van der Waals surface area contributed by atoms with E-state index in [2.05, 4.69) is 111 Å². The predicted molar refractivity (Wildman–Crippen MR) is 205 cm³/mol. The zero-order valence-electron chi connectivity index (χ0n) is 30.4. The number of para-hydroxylation sites is 2. The van der Waals surface area contributed by atoms with Gasteiger partial charge < -0.3 is 14.1 Å². The number of carbonyl (C=O) groups excluding carboxylic acids is 2. The van der Waals surface area contributed by atoms with Crippen LogP contribution in [0.1, 0.15) is 84.4 Å². The van der Waals surface area contributed by atoms with E-state index in [1.54, 1.807) is 0 Å². The van der Waals surface area contributed by atoms with Crippen LogP contribution in [0.15, 0.2) is 89.0 Å². The lowest BCUT2D eigenvalue weighted by Gasteiger charge is -2.26. The Hall–Kier alpha value is -4.75. The molecule has 2 unspecified atom stereocenters. The van der Waals surface area contributed by atoms with Crippen LogP contribution in [-0.4, -0.2) is 37.5 Å². The van der Waals surface area contributed by atoms with Crippen molar-refractivity contribution in [1.29, 1.82) is 0 Å². The van der Waals surface area contributed by atoms with Crippen molar-refractivity contribution in [3.63, 3.8) is 0 Å². The molecule has 51 heavy (non-hydrogen) atoms. The molecule has 0 radical (unpaired) electrons. The number of rotatable bonds is 10. The third kappa shape index (κ3) is 6.26.